The van der Waals surface area contributed by atoms with Gasteiger partial charge < -0.3 is 9.69 Å². The van der Waals surface area contributed by atoms with Gasteiger partial charge in [-0.05, 0) is 52.5 Å². The number of piperidine rings is 2. The van der Waals surface area contributed by atoms with Gasteiger partial charge in [-0.2, -0.15) is 0 Å². The van der Waals surface area contributed by atoms with Crippen LogP contribution >= 0.6 is 0 Å². The van der Waals surface area contributed by atoms with E-state index < -0.39 is 0 Å². The highest BCUT2D eigenvalue weighted by Gasteiger charge is 2.30. The van der Waals surface area contributed by atoms with Crippen LogP contribution in [0.2, 0.25) is 0 Å². The maximum atomic E-state index is 12.5. The zero-order valence-electron chi connectivity index (χ0n) is 12.2. The molecule has 0 aromatic heterocycles. The molecular formula is C15H26N2O2. The molecule has 0 aromatic carbocycles. The molecule has 0 aliphatic carbocycles. The van der Waals surface area contributed by atoms with Crippen LogP contribution < -0.4 is 0 Å². The first-order valence-corrected chi connectivity index (χ1v) is 7.60. The van der Waals surface area contributed by atoms with Crippen molar-refractivity contribution in [1.29, 1.82) is 0 Å². The molecule has 2 saturated heterocycles. The average Bonchev–Trinajstić information content (AvgIpc) is 2.38. The minimum absolute atomic E-state index is 0.123. The number of carbonyl (C=O) groups is 2. The number of aldehydes is 1. The molecule has 0 aromatic rings. The van der Waals surface area contributed by atoms with Crippen molar-refractivity contribution < 1.29 is 9.59 Å². The Morgan fingerprint density at radius 3 is 2.47 bits per heavy atom. The standard InChI is InChI=1S/C15H26N2O2/c1-12-5-3-6-13(2)17(12)15(19)10-16-8-4-7-14(9-16)11-18/h11-14H,3-10H2,1-2H3. The van der Waals surface area contributed by atoms with Gasteiger partial charge in [0.1, 0.15) is 6.29 Å². The second kappa shape index (κ2) is 6.51. The van der Waals surface area contributed by atoms with Gasteiger partial charge in [-0.25, -0.2) is 0 Å². The number of hydrogen-bond donors (Lipinski definition) is 0. The summed E-state index contributed by atoms with van der Waals surface area (Å²) >= 11 is 0. The molecule has 2 fully saturated rings. The molecule has 2 aliphatic heterocycles. The molecule has 2 heterocycles. The van der Waals surface area contributed by atoms with E-state index in [1.165, 1.54) is 6.42 Å². The highest BCUT2D eigenvalue weighted by atomic mass is 16.2. The molecule has 0 N–H and O–H groups in total. The Morgan fingerprint density at radius 2 is 1.84 bits per heavy atom. The Labute approximate surface area is 116 Å². The van der Waals surface area contributed by atoms with Gasteiger partial charge in [0, 0.05) is 24.5 Å². The van der Waals surface area contributed by atoms with E-state index in [0.29, 0.717) is 18.6 Å². The zero-order valence-corrected chi connectivity index (χ0v) is 12.2. The lowest BCUT2D eigenvalue weighted by Gasteiger charge is -2.40. The normalized spacial score (nSPS) is 33.2. The van der Waals surface area contributed by atoms with Gasteiger partial charge >= 0.3 is 0 Å². The molecule has 2 rings (SSSR count). The first-order chi connectivity index (χ1) is 9.11. The van der Waals surface area contributed by atoms with Gasteiger partial charge in [-0.3, -0.25) is 9.69 Å². The van der Waals surface area contributed by atoms with E-state index in [0.717, 1.165) is 45.1 Å². The van der Waals surface area contributed by atoms with Gasteiger partial charge in [0.25, 0.3) is 0 Å². The Bertz CT molecular complexity index is 322. The molecule has 0 bridgehead atoms. The molecule has 0 saturated carbocycles. The van der Waals surface area contributed by atoms with Crippen LogP contribution in [-0.2, 0) is 9.59 Å². The summed E-state index contributed by atoms with van der Waals surface area (Å²) in [6, 6.07) is 0.728. The van der Waals surface area contributed by atoms with E-state index in [4.69, 9.17) is 0 Å². The number of hydrogen-bond acceptors (Lipinski definition) is 3. The fourth-order valence-electron chi connectivity index (χ4n) is 3.53. The van der Waals surface area contributed by atoms with Crippen molar-refractivity contribution in [2.75, 3.05) is 19.6 Å². The summed E-state index contributed by atoms with van der Waals surface area (Å²) in [6.07, 6.45) is 6.51. The molecule has 3 atom stereocenters. The van der Waals surface area contributed by atoms with Crippen LogP contribution in [0, 0.1) is 5.92 Å². The quantitative estimate of drug-likeness (QED) is 0.730. The maximum absolute atomic E-state index is 12.5. The second-order valence-corrected chi connectivity index (χ2v) is 6.20. The highest BCUT2D eigenvalue weighted by Crippen LogP contribution is 2.23. The molecule has 4 nitrogen and oxygen atoms in total. The Morgan fingerprint density at radius 1 is 1.16 bits per heavy atom. The summed E-state index contributed by atoms with van der Waals surface area (Å²) in [5.74, 6) is 0.365. The first kappa shape index (κ1) is 14.5. The summed E-state index contributed by atoms with van der Waals surface area (Å²) in [5.41, 5.74) is 0. The first-order valence-electron chi connectivity index (χ1n) is 7.60. The minimum Gasteiger partial charge on any atom is -0.336 e. The third-order valence-corrected chi connectivity index (χ3v) is 4.57. The van der Waals surface area contributed by atoms with Crippen molar-refractivity contribution in [1.82, 2.24) is 9.80 Å². The van der Waals surface area contributed by atoms with Gasteiger partial charge in [-0.1, -0.05) is 0 Å². The summed E-state index contributed by atoms with van der Waals surface area (Å²) in [5, 5.41) is 0. The van der Waals surface area contributed by atoms with E-state index in [2.05, 4.69) is 23.6 Å². The number of carbonyl (C=O) groups excluding carboxylic acids is 2. The molecular weight excluding hydrogens is 240 g/mol. The Balaban J connectivity index is 1.90. The molecule has 4 heteroatoms. The lowest BCUT2D eigenvalue weighted by molar-refractivity contribution is -0.139. The van der Waals surface area contributed by atoms with Gasteiger partial charge in [0.2, 0.25) is 5.91 Å². The predicted molar refractivity (Wildman–Crippen MR) is 74.8 cm³/mol. The van der Waals surface area contributed by atoms with Gasteiger partial charge in [0.15, 0.2) is 0 Å². The maximum Gasteiger partial charge on any atom is 0.237 e. The average molecular weight is 266 g/mol. The van der Waals surface area contributed by atoms with Crippen molar-refractivity contribution in [3.05, 3.63) is 0 Å². The molecule has 0 spiro atoms. The van der Waals surface area contributed by atoms with E-state index in [-0.39, 0.29) is 11.8 Å². The molecule has 1 amide bonds. The predicted octanol–water partition coefficient (Wildman–Crippen LogP) is 1.69. The Kier molecular flexibility index (Phi) is 4.97. The number of amides is 1. The van der Waals surface area contributed by atoms with Crippen LogP contribution in [0.25, 0.3) is 0 Å². The van der Waals surface area contributed by atoms with Crippen LogP contribution in [0.3, 0.4) is 0 Å². The summed E-state index contributed by atoms with van der Waals surface area (Å²) in [6.45, 7) is 6.49. The van der Waals surface area contributed by atoms with Crippen molar-refractivity contribution >= 4 is 12.2 Å². The second-order valence-electron chi connectivity index (χ2n) is 6.20. The molecule has 19 heavy (non-hydrogen) atoms. The fraction of sp³-hybridized carbons (Fsp3) is 0.867. The monoisotopic (exact) mass is 266 g/mol. The minimum atomic E-state index is 0.123. The van der Waals surface area contributed by atoms with Crippen LogP contribution in [0.5, 0.6) is 0 Å². The Hall–Kier alpha value is -0.900. The number of likely N-dealkylation sites (tertiary alicyclic amines) is 2. The molecule has 108 valence electrons. The van der Waals surface area contributed by atoms with Crippen LogP contribution in [-0.4, -0.2) is 53.7 Å². The molecule has 2 aliphatic rings. The molecule has 3 unspecified atom stereocenters. The third kappa shape index (κ3) is 3.56. The van der Waals surface area contributed by atoms with Crippen molar-refractivity contribution in [3.63, 3.8) is 0 Å². The summed E-state index contributed by atoms with van der Waals surface area (Å²) in [4.78, 5) is 27.6. The zero-order chi connectivity index (χ0) is 13.8. The van der Waals surface area contributed by atoms with E-state index in [1.807, 2.05) is 0 Å². The SMILES string of the molecule is CC1CCCC(C)N1C(=O)CN1CCCC(C=O)C1. The van der Waals surface area contributed by atoms with Crippen molar-refractivity contribution in [3.8, 4) is 0 Å². The van der Waals surface area contributed by atoms with Gasteiger partial charge in [-0.15, -0.1) is 0 Å². The van der Waals surface area contributed by atoms with E-state index in [9.17, 15) is 9.59 Å². The van der Waals surface area contributed by atoms with Crippen molar-refractivity contribution in [2.24, 2.45) is 5.92 Å². The topological polar surface area (TPSA) is 40.6 Å². The number of rotatable bonds is 3. The third-order valence-electron chi connectivity index (χ3n) is 4.57. The van der Waals surface area contributed by atoms with E-state index >= 15 is 0 Å². The lowest BCUT2D eigenvalue weighted by Crippen LogP contribution is -2.52. The van der Waals surface area contributed by atoms with Crippen LogP contribution in [0.15, 0.2) is 0 Å². The summed E-state index contributed by atoms with van der Waals surface area (Å²) in [7, 11) is 0. The fourth-order valence-corrected chi connectivity index (χ4v) is 3.53. The molecule has 0 radical (unpaired) electrons. The largest absolute Gasteiger partial charge is 0.336 e. The lowest BCUT2D eigenvalue weighted by atomic mass is 9.97. The smallest absolute Gasteiger partial charge is 0.237 e. The van der Waals surface area contributed by atoms with E-state index in [1.54, 1.807) is 0 Å². The van der Waals surface area contributed by atoms with Gasteiger partial charge in [0.05, 0.1) is 6.54 Å². The highest BCUT2D eigenvalue weighted by molar-refractivity contribution is 5.79. The van der Waals surface area contributed by atoms with Crippen LogP contribution in [0.1, 0.15) is 46.0 Å². The van der Waals surface area contributed by atoms with Crippen molar-refractivity contribution in [2.45, 2.75) is 58.0 Å². The van der Waals surface area contributed by atoms with Crippen LogP contribution in [0.4, 0.5) is 0 Å². The summed E-state index contributed by atoms with van der Waals surface area (Å²) < 4.78 is 0. The number of nitrogens with zero attached hydrogens (tertiary/aromatic N) is 2.